The highest BCUT2D eigenvalue weighted by molar-refractivity contribution is 7.91. The largest absolute Gasteiger partial charge is 0.250 e. The lowest BCUT2D eigenvalue weighted by Crippen LogP contribution is -2.36. The number of nitrogens with zero attached hydrogens (tertiary/aromatic N) is 1. The molecule has 1 heterocycles. The molecule has 0 aromatic carbocycles. The Labute approximate surface area is 106 Å². The molecule has 0 aliphatic rings. The molecule has 0 saturated carbocycles. The molecule has 1 rings (SSSR count). The van der Waals surface area contributed by atoms with Crippen LogP contribution >= 0.6 is 11.3 Å². The van der Waals surface area contributed by atoms with Gasteiger partial charge in [-0.3, -0.25) is 0 Å². The van der Waals surface area contributed by atoms with E-state index in [0.717, 1.165) is 17.8 Å². The number of thiophene rings is 1. The predicted molar refractivity (Wildman–Crippen MR) is 68.3 cm³/mol. The first-order valence-electron chi connectivity index (χ1n) is 5.43. The Morgan fingerprint density at radius 1 is 1.47 bits per heavy atom. The smallest absolute Gasteiger partial charge is 0.207 e. The molecule has 1 aromatic rings. The lowest BCUT2D eigenvalue weighted by molar-refractivity contribution is 0.434. The summed E-state index contributed by atoms with van der Waals surface area (Å²) in [5.41, 5.74) is 0. The molecule has 2 unspecified atom stereocenters. The van der Waals surface area contributed by atoms with Crippen LogP contribution in [-0.4, -0.2) is 14.5 Å². The van der Waals surface area contributed by atoms with Gasteiger partial charge >= 0.3 is 0 Å². The Balaban J connectivity index is 2.86. The van der Waals surface area contributed by atoms with Gasteiger partial charge in [0.25, 0.3) is 0 Å². The summed E-state index contributed by atoms with van der Waals surface area (Å²) in [7, 11) is -3.49. The zero-order valence-corrected chi connectivity index (χ0v) is 11.7. The van der Waals surface area contributed by atoms with Crippen LogP contribution < -0.4 is 4.72 Å². The number of sulfonamides is 1. The second-order valence-corrected chi connectivity index (χ2v) is 7.05. The summed E-state index contributed by atoms with van der Waals surface area (Å²) in [5.74, 6) is 0.278. The second-order valence-electron chi connectivity index (χ2n) is 4.03. The van der Waals surface area contributed by atoms with E-state index in [1.54, 1.807) is 0 Å². The summed E-state index contributed by atoms with van der Waals surface area (Å²) in [6.45, 7) is 5.88. The van der Waals surface area contributed by atoms with Gasteiger partial charge in [0, 0.05) is 6.04 Å². The van der Waals surface area contributed by atoms with Crippen LogP contribution in [0.25, 0.3) is 0 Å². The first-order valence-corrected chi connectivity index (χ1v) is 7.73. The molecular formula is C11H16N2O2S2. The van der Waals surface area contributed by atoms with Crippen molar-refractivity contribution in [1.29, 1.82) is 5.26 Å². The molecule has 6 heteroatoms. The average Bonchev–Trinajstić information content (AvgIpc) is 2.76. The molecule has 0 saturated heterocycles. The van der Waals surface area contributed by atoms with Crippen LogP contribution in [0.5, 0.6) is 0 Å². The predicted octanol–water partition coefficient (Wildman–Crippen LogP) is 2.33. The Hall–Kier alpha value is -0.900. The van der Waals surface area contributed by atoms with Crippen LogP contribution in [-0.2, 0) is 10.0 Å². The van der Waals surface area contributed by atoms with Crippen LogP contribution in [0.2, 0.25) is 0 Å². The summed E-state index contributed by atoms with van der Waals surface area (Å²) in [6, 6.07) is 4.81. The molecule has 0 aliphatic carbocycles. The number of hydrogen-bond acceptors (Lipinski definition) is 4. The Kier molecular flexibility index (Phi) is 4.69. The number of hydrogen-bond donors (Lipinski definition) is 1. The van der Waals surface area contributed by atoms with Crippen molar-refractivity contribution >= 4 is 21.4 Å². The minimum atomic E-state index is -3.49. The van der Waals surface area contributed by atoms with E-state index >= 15 is 0 Å². The van der Waals surface area contributed by atoms with E-state index in [4.69, 9.17) is 5.26 Å². The third kappa shape index (κ3) is 3.53. The van der Waals surface area contributed by atoms with E-state index in [-0.39, 0.29) is 16.2 Å². The fourth-order valence-corrected chi connectivity index (χ4v) is 3.77. The van der Waals surface area contributed by atoms with Crippen LogP contribution in [0.15, 0.2) is 16.3 Å². The number of nitrogens with one attached hydrogen (secondary N) is 1. The van der Waals surface area contributed by atoms with Gasteiger partial charge in [0.05, 0.1) is 0 Å². The van der Waals surface area contributed by atoms with Gasteiger partial charge in [-0.15, -0.1) is 11.3 Å². The van der Waals surface area contributed by atoms with Gasteiger partial charge in [0.15, 0.2) is 0 Å². The van der Waals surface area contributed by atoms with Gasteiger partial charge < -0.3 is 0 Å². The molecule has 0 aliphatic heterocycles. The van der Waals surface area contributed by atoms with Gasteiger partial charge in [-0.2, -0.15) is 5.26 Å². The molecule has 0 radical (unpaired) electrons. The molecular weight excluding hydrogens is 256 g/mol. The Morgan fingerprint density at radius 3 is 2.59 bits per heavy atom. The van der Waals surface area contributed by atoms with Gasteiger partial charge in [-0.1, -0.05) is 20.3 Å². The van der Waals surface area contributed by atoms with E-state index in [0.29, 0.717) is 4.88 Å². The van der Waals surface area contributed by atoms with E-state index in [9.17, 15) is 8.42 Å². The van der Waals surface area contributed by atoms with Crippen molar-refractivity contribution in [2.45, 2.75) is 37.4 Å². The first kappa shape index (κ1) is 14.2. The zero-order chi connectivity index (χ0) is 13.1. The monoisotopic (exact) mass is 272 g/mol. The maximum Gasteiger partial charge on any atom is 0.250 e. The lowest BCUT2D eigenvalue weighted by Gasteiger charge is -2.19. The molecule has 2 atom stereocenters. The van der Waals surface area contributed by atoms with Crippen molar-refractivity contribution < 1.29 is 8.42 Å². The molecule has 94 valence electrons. The van der Waals surface area contributed by atoms with Crippen molar-refractivity contribution in [2.75, 3.05) is 0 Å². The summed E-state index contributed by atoms with van der Waals surface area (Å²) in [6.07, 6.45) is 0.914. The standard InChI is InChI=1S/C11H16N2O2S2/c1-4-8(2)9(3)13-17(14,15)11-6-5-10(7-12)16-11/h5-6,8-9,13H,4H2,1-3H3. The third-order valence-electron chi connectivity index (χ3n) is 2.79. The van der Waals surface area contributed by atoms with E-state index in [1.165, 1.54) is 12.1 Å². The summed E-state index contributed by atoms with van der Waals surface area (Å²) < 4.78 is 26.8. The number of nitriles is 1. The molecule has 1 aromatic heterocycles. The summed E-state index contributed by atoms with van der Waals surface area (Å²) >= 11 is 0.990. The van der Waals surface area contributed by atoms with Crippen LogP contribution in [0, 0.1) is 17.2 Å². The van der Waals surface area contributed by atoms with Crippen molar-refractivity contribution in [3.8, 4) is 6.07 Å². The molecule has 0 amide bonds. The highest BCUT2D eigenvalue weighted by Gasteiger charge is 2.21. The van der Waals surface area contributed by atoms with Gasteiger partial charge in [-0.05, 0) is 25.0 Å². The highest BCUT2D eigenvalue weighted by Crippen LogP contribution is 2.21. The molecule has 0 spiro atoms. The molecule has 4 nitrogen and oxygen atoms in total. The Bertz CT molecular complexity index is 514. The fourth-order valence-electron chi connectivity index (χ4n) is 1.30. The SMILES string of the molecule is CCC(C)C(C)NS(=O)(=O)c1ccc(C#N)s1. The molecule has 0 bridgehead atoms. The van der Waals surface area contributed by atoms with Crippen molar-refractivity contribution in [3.05, 3.63) is 17.0 Å². The molecule has 1 N–H and O–H groups in total. The summed E-state index contributed by atoms with van der Waals surface area (Å²) in [4.78, 5) is 0.404. The second kappa shape index (κ2) is 5.63. The average molecular weight is 272 g/mol. The first-order chi connectivity index (χ1) is 7.90. The summed E-state index contributed by atoms with van der Waals surface area (Å²) in [5, 5.41) is 8.67. The maximum absolute atomic E-state index is 12.0. The van der Waals surface area contributed by atoms with Gasteiger partial charge in [0.1, 0.15) is 15.2 Å². The van der Waals surface area contributed by atoms with Crippen LogP contribution in [0.1, 0.15) is 32.1 Å². The van der Waals surface area contributed by atoms with Crippen molar-refractivity contribution in [2.24, 2.45) is 5.92 Å². The minimum absolute atomic E-state index is 0.113. The van der Waals surface area contributed by atoms with Crippen molar-refractivity contribution in [3.63, 3.8) is 0 Å². The van der Waals surface area contributed by atoms with Gasteiger partial charge in [0.2, 0.25) is 10.0 Å². The maximum atomic E-state index is 12.0. The fraction of sp³-hybridized carbons (Fsp3) is 0.545. The Morgan fingerprint density at radius 2 is 2.12 bits per heavy atom. The zero-order valence-electron chi connectivity index (χ0n) is 10.1. The number of rotatable bonds is 5. The molecule has 17 heavy (non-hydrogen) atoms. The van der Waals surface area contributed by atoms with Gasteiger partial charge in [-0.25, -0.2) is 13.1 Å². The minimum Gasteiger partial charge on any atom is -0.207 e. The lowest BCUT2D eigenvalue weighted by atomic mass is 10.0. The van der Waals surface area contributed by atoms with Crippen LogP contribution in [0.3, 0.4) is 0 Å². The third-order valence-corrected chi connectivity index (χ3v) is 5.84. The quantitative estimate of drug-likeness (QED) is 0.894. The highest BCUT2D eigenvalue weighted by atomic mass is 32.2. The topological polar surface area (TPSA) is 70.0 Å². The van der Waals surface area contributed by atoms with E-state index in [1.807, 2.05) is 26.8 Å². The molecule has 0 fully saturated rings. The van der Waals surface area contributed by atoms with E-state index < -0.39 is 10.0 Å². The van der Waals surface area contributed by atoms with E-state index in [2.05, 4.69) is 4.72 Å². The van der Waals surface area contributed by atoms with Crippen LogP contribution in [0.4, 0.5) is 0 Å². The van der Waals surface area contributed by atoms with Crippen molar-refractivity contribution in [1.82, 2.24) is 4.72 Å². The normalized spacial score (nSPS) is 15.2.